The van der Waals surface area contributed by atoms with Crippen molar-refractivity contribution in [3.05, 3.63) is 16.4 Å². The van der Waals surface area contributed by atoms with E-state index in [2.05, 4.69) is 25.9 Å². The molecule has 2 rings (SSSR count). The Labute approximate surface area is 122 Å². The minimum atomic E-state index is -0.349. The Kier molecular flexibility index (Phi) is 4.43. The minimum absolute atomic E-state index is 0.143. The van der Waals surface area contributed by atoms with E-state index in [-0.39, 0.29) is 11.2 Å². The third-order valence-electron chi connectivity index (χ3n) is 3.95. The van der Waals surface area contributed by atoms with Crippen LogP contribution in [0, 0.1) is 5.41 Å². The first-order valence-electron chi connectivity index (χ1n) is 6.61. The maximum absolute atomic E-state index is 12.7. The highest BCUT2D eigenvalue weighted by molar-refractivity contribution is 9.10. The maximum Gasteiger partial charge on any atom is 0.189 e. The Bertz CT molecular complexity index is 460. The monoisotopic (exact) mass is 328 g/mol. The molecule has 1 aliphatic rings. The van der Waals surface area contributed by atoms with Crippen molar-refractivity contribution in [3.8, 4) is 0 Å². The Hall–Kier alpha value is -0.720. The van der Waals surface area contributed by atoms with Crippen molar-refractivity contribution in [1.82, 2.24) is 14.7 Å². The van der Waals surface area contributed by atoms with Crippen LogP contribution in [0.2, 0.25) is 0 Å². The number of hydrogen-bond acceptors (Lipinski definition) is 4. The highest BCUT2D eigenvalue weighted by atomic mass is 79.9. The van der Waals surface area contributed by atoms with E-state index in [0.29, 0.717) is 18.8 Å². The predicted molar refractivity (Wildman–Crippen MR) is 78.1 cm³/mol. The van der Waals surface area contributed by atoms with Gasteiger partial charge in [-0.05, 0) is 42.9 Å². The number of rotatable bonds is 6. The number of halogens is 1. The Morgan fingerprint density at radius 1 is 1.58 bits per heavy atom. The van der Waals surface area contributed by atoms with Gasteiger partial charge in [0.2, 0.25) is 0 Å². The number of ketones is 1. The predicted octanol–water partition coefficient (Wildman–Crippen LogP) is 1.52. The minimum Gasteiger partial charge on any atom is -0.329 e. The summed E-state index contributed by atoms with van der Waals surface area (Å²) in [5.41, 5.74) is 6.15. The number of nitrogens with zero attached hydrogens (tertiary/aromatic N) is 3. The zero-order valence-corrected chi connectivity index (χ0v) is 13.1. The number of hydrogen-bond donors (Lipinski definition) is 1. The Morgan fingerprint density at radius 3 is 2.74 bits per heavy atom. The highest BCUT2D eigenvalue weighted by Gasteiger charge is 2.44. The van der Waals surface area contributed by atoms with Crippen molar-refractivity contribution in [2.45, 2.75) is 25.8 Å². The molecule has 1 aromatic rings. The van der Waals surface area contributed by atoms with Crippen LogP contribution < -0.4 is 5.73 Å². The van der Waals surface area contributed by atoms with Gasteiger partial charge in [0.1, 0.15) is 5.69 Å². The van der Waals surface area contributed by atoms with Gasteiger partial charge in [-0.3, -0.25) is 9.48 Å². The van der Waals surface area contributed by atoms with Crippen molar-refractivity contribution in [3.63, 3.8) is 0 Å². The molecule has 2 N–H and O–H groups in total. The van der Waals surface area contributed by atoms with Gasteiger partial charge in [0.25, 0.3) is 0 Å². The molecule has 1 fully saturated rings. The summed E-state index contributed by atoms with van der Waals surface area (Å²) in [6.45, 7) is 1.99. The second-order valence-electron chi connectivity index (χ2n) is 5.53. The Morgan fingerprint density at radius 2 is 2.26 bits per heavy atom. The number of Topliss-reactive ketones (excluding diaryl/α,β-unsaturated/α-hetero) is 1. The molecule has 0 aliphatic heterocycles. The molecule has 0 atom stereocenters. The first kappa shape index (κ1) is 14.7. The summed E-state index contributed by atoms with van der Waals surface area (Å²) in [5, 5.41) is 4.30. The van der Waals surface area contributed by atoms with Gasteiger partial charge in [-0.25, -0.2) is 0 Å². The van der Waals surface area contributed by atoms with Gasteiger partial charge >= 0.3 is 0 Å². The average Bonchev–Trinajstić information content (AvgIpc) is 2.67. The highest BCUT2D eigenvalue weighted by Crippen LogP contribution is 2.43. The molecule has 0 aromatic carbocycles. The molecule has 0 unspecified atom stereocenters. The van der Waals surface area contributed by atoms with Crippen LogP contribution in [0.5, 0.6) is 0 Å². The molecule has 1 aliphatic carbocycles. The summed E-state index contributed by atoms with van der Waals surface area (Å²) in [6, 6.07) is 0. The van der Waals surface area contributed by atoms with Crippen molar-refractivity contribution in [2.75, 3.05) is 27.2 Å². The number of nitrogens with two attached hydrogens (primary N) is 1. The number of aromatic nitrogens is 2. The molecule has 1 aromatic heterocycles. The van der Waals surface area contributed by atoms with Gasteiger partial charge in [0.15, 0.2) is 5.78 Å². The van der Waals surface area contributed by atoms with Gasteiger partial charge in [0, 0.05) is 18.5 Å². The van der Waals surface area contributed by atoms with Crippen molar-refractivity contribution in [1.29, 1.82) is 0 Å². The second-order valence-corrected chi connectivity index (χ2v) is 6.39. The smallest absolute Gasteiger partial charge is 0.189 e. The van der Waals surface area contributed by atoms with Crippen LogP contribution in [0.25, 0.3) is 0 Å². The molecule has 6 heteroatoms. The van der Waals surface area contributed by atoms with Crippen LogP contribution in [0.1, 0.15) is 29.8 Å². The fraction of sp³-hybridized carbons (Fsp3) is 0.692. The topological polar surface area (TPSA) is 64.2 Å². The Balaban J connectivity index is 2.23. The van der Waals surface area contributed by atoms with E-state index in [9.17, 15) is 4.79 Å². The van der Waals surface area contributed by atoms with Gasteiger partial charge in [-0.2, -0.15) is 5.10 Å². The van der Waals surface area contributed by atoms with Crippen LogP contribution in [0.4, 0.5) is 0 Å². The summed E-state index contributed by atoms with van der Waals surface area (Å²) in [4.78, 5) is 14.8. The van der Waals surface area contributed by atoms with Crippen LogP contribution in [-0.4, -0.2) is 47.6 Å². The molecular formula is C13H21BrN4O. The van der Waals surface area contributed by atoms with Crippen molar-refractivity contribution < 1.29 is 4.79 Å². The lowest BCUT2D eigenvalue weighted by atomic mass is 9.65. The summed E-state index contributed by atoms with van der Waals surface area (Å²) >= 11 is 3.44. The standard InChI is InChI=1S/C13H21BrN4O/c1-17(2)6-7-18-11(10(14)8-16-18)12(19)13(9-15)4-3-5-13/h8H,3-7,9,15H2,1-2H3. The second kappa shape index (κ2) is 5.73. The molecule has 19 heavy (non-hydrogen) atoms. The molecule has 0 amide bonds. The van der Waals surface area contributed by atoms with E-state index in [1.165, 1.54) is 0 Å². The van der Waals surface area contributed by atoms with Crippen LogP contribution in [0.3, 0.4) is 0 Å². The zero-order valence-electron chi connectivity index (χ0n) is 11.5. The SMILES string of the molecule is CN(C)CCn1ncc(Br)c1C(=O)C1(CN)CCC1. The van der Waals surface area contributed by atoms with E-state index >= 15 is 0 Å². The molecule has 0 spiro atoms. The van der Waals surface area contributed by atoms with Gasteiger partial charge < -0.3 is 10.6 Å². The molecule has 0 bridgehead atoms. The summed E-state index contributed by atoms with van der Waals surface area (Å²) in [6.07, 6.45) is 4.58. The first-order valence-corrected chi connectivity index (χ1v) is 7.40. The quantitative estimate of drug-likeness (QED) is 0.804. The third kappa shape index (κ3) is 2.75. The lowest BCUT2D eigenvalue weighted by Gasteiger charge is -2.39. The number of carbonyl (C=O) groups is 1. The van der Waals surface area contributed by atoms with Crippen LogP contribution in [0.15, 0.2) is 10.7 Å². The average molecular weight is 329 g/mol. The van der Waals surface area contributed by atoms with Gasteiger partial charge in [-0.15, -0.1) is 0 Å². The van der Waals surface area contributed by atoms with Crippen LogP contribution >= 0.6 is 15.9 Å². The first-order chi connectivity index (χ1) is 9.00. The van der Waals surface area contributed by atoms with E-state index in [1.807, 2.05) is 14.1 Å². The fourth-order valence-corrected chi connectivity index (χ4v) is 2.91. The third-order valence-corrected chi connectivity index (χ3v) is 4.53. The van der Waals surface area contributed by atoms with Gasteiger partial charge in [-0.1, -0.05) is 6.42 Å². The normalized spacial score (nSPS) is 17.5. The van der Waals surface area contributed by atoms with Crippen molar-refractivity contribution >= 4 is 21.7 Å². The number of carbonyl (C=O) groups excluding carboxylic acids is 1. The van der Waals surface area contributed by atoms with Crippen LogP contribution in [-0.2, 0) is 6.54 Å². The number of likely N-dealkylation sites (N-methyl/N-ethyl adjacent to an activating group) is 1. The summed E-state index contributed by atoms with van der Waals surface area (Å²) < 4.78 is 2.57. The lowest BCUT2D eigenvalue weighted by Crippen LogP contribution is -2.45. The summed E-state index contributed by atoms with van der Waals surface area (Å²) in [5.74, 6) is 0.143. The van der Waals surface area contributed by atoms with Crippen molar-refractivity contribution in [2.24, 2.45) is 11.1 Å². The van der Waals surface area contributed by atoms with E-state index in [0.717, 1.165) is 30.3 Å². The molecule has 0 radical (unpaired) electrons. The van der Waals surface area contributed by atoms with E-state index < -0.39 is 0 Å². The van der Waals surface area contributed by atoms with Gasteiger partial charge in [0.05, 0.1) is 17.2 Å². The summed E-state index contributed by atoms with van der Waals surface area (Å²) in [7, 11) is 4.01. The lowest BCUT2D eigenvalue weighted by molar-refractivity contribution is 0.0621. The fourth-order valence-electron chi connectivity index (χ4n) is 2.43. The maximum atomic E-state index is 12.7. The van der Waals surface area contributed by atoms with E-state index in [4.69, 9.17) is 5.73 Å². The molecule has 1 saturated carbocycles. The molecule has 1 heterocycles. The molecule has 5 nitrogen and oxygen atoms in total. The van der Waals surface area contributed by atoms with E-state index in [1.54, 1.807) is 10.9 Å². The largest absolute Gasteiger partial charge is 0.329 e. The molecule has 106 valence electrons. The zero-order chi connectivity index (χ0) is 14.0. The molecule has 0 saturated heterocycles. The molecular weight excluding hydrogens is 308 g/mol.